The zero-order valence-corrected chi connectivity index (χ0v) is 20.0. The van der Waals surface area contributed by atoms with Gasteiger partial charge in [-0.2, -0.15) is 0 Å². The number of amides is 2. The molecule has 1 fully saturated rings. The number of alkyl carbamates (subject to hydrolysis) is 1. The van der Waals surface area contributed by atoms with Gasteiger partial charge < -0.3 is 9.47 Å². The van der Waals surface area contributed by atoms with E-state index in [1.54, 1.807) is 55.1 Å². The Hall–Kier alpha value is -3.58. The van der Waals surface area contributed by atoms with Crippen LogP contribution in [0.3, 0.4) is 0 Å². The molecule has 1 atom stereocenters. The smallest absolute Gasteiger partial charge is 0.415 e. The number of rotatable bonds is 8. The molecule has 34 heavy (non-hydrogen) atoms. The molecule has 1 aliphatic rings. The van der Waals surface area contributed by atoms with Crippen molar-refractivity contribution in [2.24, 2.45) is 0 Å². The highest BCUT2D eigenvalue weighted by Gasteiger charge is 2.46. The molecule has 1 saturated heterocycles. The van der Waals surface area contributed by atoms with Gasteiger partial charge in [-0.25, -0.2) is 4.79 Å². The summed E-state index contributed by atoms with van der Waals surface area (Å²) in [6, 6.07) is 19.9. The Bertz CT molecular complexity index is 1250. The van der Waals surface area contributed by atoms with Gasteiger partial charge in [-0.1, -0.05) is 25.5 Å². The van der Waals surface area contributed by atoms with E-state index in [0.717, 1.165) is 23.3 Å². The first-order valence-electron chi connectivity index (χ1n) is 11.0. The summed E-state index contributed by atoms with van der Waals surface area (Å²) in [5, 5.41) is 2.16. The Balaban J connectivity index is 1.61. The van der Waals surface area contributed by atoms with Gasteiger partial charge in [0.1, 0.15) is 11.5 Å². The van der Waals surface area contributed by atoms with E-state index in [2.05, 4.69) is 12.2 Å². The number of ketones is 1. The fourth-order valence-corrected chi connectivity index (χ4v) is 4.24. The fourth-order valence-electron chi connectivity index (χ4n) is 3.84. The van der Waals surface area contributed by atoms with Crippen LogP contribution in [0, 0.1) is 0 Å². The summed E-state index contributed by atoms with van der Waals surface area (Å²) in [7, 11) is 0. The first-order valence-corrected chi connectivity index (χ1v) is 12.2. The third-order valence-corrected chi connectivity index (χ3v) is 6.50. The summed E-state index contributed by atoms with van der Waals surface area (Å²) in [6.07, 6.45) is 2.84. The minimum Gasteiger partial charge on any atom is -0.457 e. The number of imide groups is 1. The van der Waals surface area contributed by atoms with Crippen molar-refractivity contribution in [3.8, 4) is 11.5 Å². The lowest BCUT2D eigenvalue weighted by molar-refractivity contribution is -0.130. The second kappa shape index (κ2) is 9.73. The first-order chi connectivity index (χ1) is 16.3. The molecule has 0 spiro atoms. The van der Waals surface area contributed by atoms with Gasteiger partial charge in [-0.05, 0) is 79.8 Å². The van der Waals surface area contributed by atoms with E-state index in [1.165, 1.54) is 0 Å². The van der Waals surface area contributed by atoms with Gasteiger partial charge in [0.2, 0.25) is 5.60 Å². The molecule has 0 aliphatic carbocycles. The van der Waals surface area contributed by atoms with Crippen molar-refractivity contribution in [2.45, 2.75) is 37.2 Å². The zero-order valence-electron chi connectivity index (χ0n) is 19.2. The average molecular weight is 476 g/mol. The SMILES string of the molecule is CCCc1cc(C(=O)c2ccc(SC)cc2)ccc1Oc1cccc([C@@]2(C)OC(=O)NC2=O)c1. The molecule has 3 aromatic carbocycles. The number of cyclic esters (lactones) is 1. The lowest BCUT2D eigenvalue weighted by Gasteiger charge is -2.20. The number of carbonyl (C=O) groups excluding carboxylic acids is 3. The minimum atomic E-state index is -1.41. The van der Waals surface area contributed by atoms with Crippen molar-refractivity contribution in [3.05, 3.63) is 89.0 Å². The van der Waals surface area contributed by atoms with Crippen LogP contribution in [0.5, 0.6) is 11.5 Å². The van der Waals surface area contributed by atoms with Gasteiger partial charge in [0, 0.05) is 21.6 Å². The summed E-state index contributed by atoms with van der Waals surface area (Å²) < 4.78 is 11.4. The van der Waals surface area contributed by atoms with E-state index in [-0.39, 0.29) is 5.78 Å². The highest BCUT2D eigenvalue weighted by molar-refractivity contribution is 7.98. The van der Waals surface area contributed by atoms with Crippen LogP contribution in [0.1, 0.15) is 47.3 Å². The Labute approximate surface area is 202 Å². The van der Waals surface area contributed by atoms with E-state index in [0.29, 0.717) is 28.2 Å². The largest absolute Gasteiger partial charge is 0.457 e. The third-order valence-electron chi connectivity index (χ3n) is 5.75. The van der Waals surface area contributed by atoms with E-state index in [9.17, 15) is 14.4 Å². The topological polar surface area (TPSA) is 81.7 Å². The molecule has 6 nitrogen and oxygen atoms in total. The molecule has 4 rings (SSSR count). The molecule has 1 heterocycles. The molecular weight excluding hydrogens is 450 g/mol. The van der Waals surface area contributed by atoms with E-state index in [4.69, 9.17) is 9.47 Å². The maximum absolute atomic E-state index is 13.0. The van der Waals surface area contributed by atoms with Gasteiger partial charge in [0.25, 0.3) is 5.91 Å². The normalized spacial score (nSPS) is 17.3. The van der Waals surface area contributed by atoms with Gasteiger partial charge in [0.05, 0.1) is 0 Å². The van der Waals surface area contributed by atoms with Gasteiger partial charge in [-0.3, -0.25) is 14.9 Å². The predicted molar refractivity (Wildman–Crippen MR) is 131 cm³/mol. The summed E-state index contributed by atoms with van der Waals surface area (Å²) >= 11 is 1.63. The lowest BCUT2D eigenvalue weighted by atomic mass is 9.95. The molecule has 1 aliphatic heterocycles. The number of hydrogen-bond acceptors (Lipinski definition) is 6. The van der Waals surface area contributed by atoms with Crippen molar-refractivity contribution < 1.29 is 23.9 Å². The second-order valence-corrected chi connectivity index (χ2v) is 9.02. The minimum absolute atomic E-state index is 0.0412. The molecular formula is C27H25NO5S. The fraction of sp³-hybridized carbons (Fsp3) is 0.222. The van der Waals surface area contributed by atoms with Gasteiger partial charge in [-0.15, -0.1) is 11.8 Å². The van der Waals surface area contributed by atoms with Gasteiger partial charge in [0.15, 0.2) is 5.78 Å². The van der Waals surface area contributed by atoms with Gasteiger partial charge >= 0.3 is 6.09 Å². The molecule has 174 valence electrons. The van der Waals surface area contributed by atoms with Crippen molar-refractivity contribution in [3.63, 3.8) is 0 Å². The Kier molecular flexibility index (Phi) is 6.75. The van der Waals surface area contributed by atoms with Crippen LogP contribution in [0.4, 0.5) is 4.79 Å². The van der Waals surface area contributed by atoms with E-state index in [1.807, 2.05) is 36.6 Å². The summed E-state index contributed by atoms with van der Waals surface area (Å²) in [5.41, 5.74) is 1.24. The first kappa shape index (κ1) is 23.6. The standard InChI is InChI=1S/C27H25NO5S/c1-4-6-18-15-19(24(29)17-9-12-22(34-3)13-10-17)11-14-23(18)32-21-8-5-7-20(16-21)27(2)25(30)28-26(31)33-27/h5,7-16H,4,6H2,1-3H3,(H,28,30,31)/t27-/m1/s1. The Morgan fingerprint density at radius 1 is 1.03 bits per heavy atom. The molecule has 2 amide bonds. The highest BCUT2D eigenvalue weighted by atomic mass is 32.2. The summed E-state index contributed by atoms with van der Waals surface area (Å²) in [5.74, 6) is 0.570. The van der Waals surface area contributed by atoms with Crippen LogP contribution >= 0.6 is 11.8 Å². The quantitative estimate of drug-likeness (QED) is 0.324. The van der Waals surface area contributed by atoms with Crippen molar-refractivity contribution in [1.29, 1.82) is 0 Å². The van der Waals surface area contributed by atoms with E-state index >= 15 is 0 Å². The summed E-state index contributed by atoms with van der Waals surface area (Å²) in [4.78, 5) is 37.9. The zero-order chi connectivity index (χ0) is 24.3. The molecule has 0 radical (unpaired) electrons. The van der Waals surface area contributed by atoms with Crippen LogP contribution in [0.15, 0.2) is 71.6 Å². The van der Waals surface area contributed by atoms with Crippen molar-refractivity contribution >= 4 is 29.5 Å². The molecule has 0 aromatic heterocycles. The number of ether oxygens (including phenoxy) is 2. The molecule has 0 saturated carbocycles. The molecule has 3 aromatic rings. The van der Waals surface area contributed by atoms with Crippen LogP contribution in [0.25, 0.3) is 0 Å². The summed E-state index contributed by atoms with van der Waals surface area (Å²) in [6.45, 7) is 3.61. The van der Waals surface area contributed by atoms with Crippen molar-refractivity contribution in [2.75, 3.05) is 6.26 Å². The Morgan fingerprint density at radius 2 is 1.76 bits per heavy atom. The number of benzene rings is 3. The van der Waals surface area contributed by atoms with E-state index < -0.39 is 17.6 Å². The van der Waals surface area contributed by atoms with Crippen LogP contribution < -0.4 is 10.1 Å². The maximum atomic E-state index is 13.0. The van der Waals surface area contributed by atoms with Crippen LogP contribution in [0.2, 0.25) is 0 Å². The maximum Gasteiger partial charge on any atom is 0.415 e. The van der Waals surface area contributed by atoms with Crippen LogP contribution in [-0.2, 0) is 21.6 Å². The molecule has 0 bridgehead atoms. The van der Waals surface area contributed by atoms with Crippen molar-refractivity contribution in [1.82, 2.24) is 5.32 Å². The molecule has 7 heteroatoms. The number of carbonyl (C=O) groups is 3. The Morgan fingerprint density at radius 3 is 2.41 bits per heavy atom. The second-order valence-electron chi connectivity index (χ2n) is 8.14. The average Bonchev–Trinajstić information content (AvgIpc) is 3.12. The monoisotopic (exact) mass is 475 g/mol. The van der Waals surface area contributed by atoms with Crippen LogP contribution in [-0.4, -0.2) is 24.0 Å². The third kappa shape index (κ3) is 4.70. The number of nitrogens with one attached hydrogen (secondary N) is 1. The lowest BCUT2D eigenvalue weighted by Crippen LogP contribution is -2.33. The number of hydrogen-bond donors (Lipinski definition) is 1. The predicted octanol–water partition coefficient (Wildman–Crippen LogP) is 5.87. The molecule has 1 N–H and O–H groups in total. The number of aryl methyl sites for hydroxylation is 1. The number of thioether (sulfide) groups is 1. The molecule has 0 unspecified atom stereocenters. The highest BCUT2D eigenvalue weighted by Crippen LogP contribution is 2.34.